The van der Waals surface area contributed by atoms with Crippen molar-refractivity contribution in [2.45, 2.75) is 63.2 Å². The molecule has 0 bridgehead atoms. The first-order valence-corrected chi connectivity index (χ1v) is 11.7. The Labute approximate surface area is 209 Å². The first kappa shape index (κ1) is 28.4. The second kappa shape index (κ2) is 13.3. The summed E-state index contributed by atoms with van der Waals surface area (Å²) in [4.78, 5) is 55.6. The highest BCUT2D eigenvalue weighted by molar-refractivity contribution is 5.94. The number of carbonyl (C=O) groups is 4. The van der Waals surface area contributed by atoms with Gasteiger partial charge in [0.1, 0.15) is 23.9 Å². The van der Waals surface area contributed by atoms with Crippen molar-refractivity contribution in [1.82, 2.24) is 15.5 Å². The van der Waals surface area contributed by atoms with Gasteiger partial charge in [0.15, 0.2) is 5.96 Å². The lowest BCUT2D eigenvalue weighted by molar-refractivity contribution is -0.143. The predicted molar refractivity (Wildman–Crippen MR) is 132 cm³/mol. The standard InChI is InChI=1S/C23H35N7O6/c1-13(24)21(34)30-11-3-5-18(30)20(33)29-17(12-14-6-8-15(31)9-7-14)19(32)28-16(22(35)36)4-2-10-27-23(25)26/h6-9,13,16-18,31H,2-5,10-12,24H2,1H3,(H,28,32)(H,29,33)(H,35,36)(H4,25,26,27)/t13-,16-,17-,18-/m0/s1. The number of carbonyl (C=O) groups excluding carboxylic acids is 3. The van der Waals surface area contributed by atoms with E-state index in [0.29, 0.717) is 31.4 Å². The molecule has 0 aliphatic carbocycles. The largest absolute Gasteiger partial charge is 0.508 e. The number of likely N-dealkylation sites (tertiary alicyclic amines) is 1. The Morgan fingerprint density at radius 3 is 2.39 bits per heavy atom. The molecule has 198 valence electrons. The van der Waals surface area contributed by atoms with Gasteiger partial charge in [-0.05, 0) is 50.3 Å². The SMILES string of the molecule is C[C@H](N)C(=O)N1CCC[C@H]1C(=O)N[C@@H](Cc1ccc(O)cc1)C(=O)N[C@@H](CCCN=C(N)N)C(=O)O. The highest BCUT2D eigenvalue weighted by Crippen LogP contribution is 2.19. The van der Waals surface area contributed by atoms with E-state index in [2.05, 4.69) is 15.6 Å². The van der Waals surface area contributed by atoms with E-state index < -0.39 is 42.0 Å². The number of benzene rings is 1. The number of phenols is 1. The van der Waals surface area contributed by atoms with Crippen molar-refractivity contribution in [3.63, 3.8) is 0 Å². The van der Waals surface area contributed by atoms with Crippen LogP contribution in [0.25, 0.3) is 0 Å². The van der Waals surface area contributed by atoms with Crippen LogP contribution in [0, 0.1) is 0 Å². The van der Waals surface area contributed by atoms with Gasteiger partial charge in [0.05, 0.1) is 6.04 Å². The first-order chi connectivity index (χ1) is 17.0. The summed E-state index contributed by atoms with van der Waals surface area (Å²) in [6, 6.07) is 2.15. The maximum Gasteiger partial charge on any atom is 0.326 e. The topological polar surface area (TPSA) is 226 Å². The molecule has 1 aromatic rings. The Morgan fingerprint density at radius 1 is 1.14 bits per heavy atom. The Bertz CT molecular complexity index is 962. The molecule has 13 heteroatoms. The van der Waals surface area contributed by atoms with Gasteiger partial charge in [-0.3, -0.25) is 19.4 Å². The lowest BCUT2D eigenvalue weighted by Gasteiger charge is -2.28. The molecule has 1 aromatic carbocycles. The maximum absolute atomic E-state index is 13.1. The zero-order chi connectivity index (χ0) is 26.8. The molecule has 0 unspecified atom stereocenters. The molecule has 0 aromatic heterocycles. The fourth-order valence-electron chi connectivity index (χ4n) is 3.94. The summed E-state index contributed by atoms with van der Waals surface area (Å²) >= 11 is 0. The van der Waals surface area contributed by atoms with Crippen LogP contribution in [0.3, 0.4) is 0 Å². The zero-order valence-electron chi connectivity index (χ0n) is 20.2. The van der Waals surface area contributed by atoms with Crippen molar-refractivity contribution in [3.8, 4) is 5.75 Å². The molecule has 1 aliphatic rings. The Morgan fingerprint density at radius 2 is 1.81 bits per heavy atom. The average molecular weight is 506 g/mol. The molecule has 2 rings (SSSR count). The summed E-state index contributed by atoms with van der Waals surface area (Å²) in [5, 5.41) is 24.3. The minimum atomic E-state index is -1.24. The van der Waals surface area contributed by atoms with Gasteiger partial charge in [0.2, 0.25) is 17.7 Å². The van der Waals surface area contributed by atoms with Crippen LogP contribution < -0.4 is 27.8 Å². The van der Waals surface area contributed by atoms with Gasteiger partial charge in [-0.15, -0.1) is 0 Å². The van der Waals surface area contributed by atoms with Crippen molar-refractivity contribution in [2.75, 3.05) is 13.1 Å². The van der Waals surface area contributed by atoms with Gasteiger partial charge >= 0.3 is 5.97 Å². The van der Waals surface area contributed by atoms with Gasteiger partial charge in [0.25, 0.3) is 0 Å². The molecular formula is C23H35N7O6. The van der Waals surface area contributed by atoms with Gasteiger partial charge in [-0.1, -0.05) is 12.1 Å². The summed E-state index contributed by atoms with van der Waals surface area (Å²) in [7, 11) is 0. The van der Waals surface area contributed by atoms with Gasteiger partial charge in [-0.25, -0.2) is 4.79 Å². The number of aromatic hydroxyl groups is 1. The van der Waals surface area contributed by atoms with E-state index in [1.54, 1.807) is 12.1 Å². The van der Waals surface area contributed by atoms with Crippen molar-refractivity contribution in [2.24, 2.45) is 22.2 Å². The van der Waals surface area contributed by atoms with E-state index in [1.165, 1.54) is 24.0 Å². The first-order valence-electron chi connectivity index (χ1n) is 11.7. The molecule has 1 heterocycles. The molecule has 0 saturated carbocycles. The predicted octanol–water partition coefficient (Wildman–Crippen LogP) is -1.62. The molecule has 4 atom stereocenters. The van der Waals surface area contributed by atoms with E-state index in [-0.39, 0.29) is 37.0 Å². The normalized spacial score (nSPS) is 17.5. The van der Waals surface area contributed by atoms with Crippen LogP contribution in [-0.4, -0.2) is 82.0 Å². The maximum atomic E-state index is 13.1. The summed E-state index contributed by atoms with van der Waals surface area (Å²) in [5.74, 6) is -2.92. The fourth-order valence-corrected chi connectivity index (χ4v) is 3.94. The third kappa shape index (κ3) is 8.41. The van der Waals surface area contributed by atoms with E-state index in [1.807, 2.05) is 0 Å². The summed E-state index contributed by atoms with van der Waals surface area (Å²) in [6.45, 7) is 2.11. The summed E-state index contributed by atoms with van der Waals surface area (Å²) in [6.07, 6.45) is 1.44. The van der Waals surface area contributed by atoms with Crippen LogP contribution in [0.5, 0.6) is 5.75 Å². The second-order valence-electron chi connectivity index (χ2n) is 8.76. The van der Waals surface area contributed by atoms with E-state index in [0.717, 1.165) is 0 Å². The quantitative estimate of drug-likeness (QED) is 0.0982. The van der Waals surface area contributed by atoms with Crippen LogP contribution in [0.15, 0.2) is 29.3 Å². The minimum Gasteiger partial charge on any atom is -0.508 e. The van der Waals surface area contributed by atoms with Crippen LogP contribution >= 0.6 is 0 Å². The average Bonchev–Trinajstić information content (AvgIpc) is 3.31. The number of carboxylic acids is 1. The number of carboxylic acid groups (broad SMARTS) is 1. The molecule has 1 saturated heterocycles. The molecule has 1 fully saturated rings. The molecule has 3 amide bonds. The van der Waals surface area contributed by atoms with Crippen LogP contribution in [0.1, 0.15) is 38.2 Å². The van der Waals surface area contributed by atoms with Crippen LogP contribution in [0.2, 0.25) is 0 Å². The number of nitrogens with zero attached hydrogens (tertiary/aromatic N) is 2. The summed E-state index contributed by atoms with van der Waals surface area (Å²) < 4.78 is 0. The highest BCUT2D eigenvalue weighted by Gasteiger charge is 2.37. The summed E-state index contributed by atoms with van der Waals surface area (Å²) in [5.41, 5.74) is 16.9. The minimum absolute atomic E-state index is 0.0338. The number of aliphatic imine (C=N–C) groups is 1. The molecule has 0 radical (unpaired) electrons. The number of amides is 3. The van der Waals surface area contributed by atoms with Gasteiger partial charge < -0.3 is 42.9 Å². The molecule has 13 nitrogen and oxygen atoms in total. The Hall–Kier alpha value is -3.87. The van der Waals surface area contributed by atoms with Crippen molar-refractivity contribution in [3.05, 3.63) is 29.8 Å². The zero-order valence-corrected chi connectivity index (χ0v) is 20.2. The van der Waals surface area contributed by atoms with E-state index in [4.69, 9.17) is 17.2 Å². The molecule has 10 N–H and O–H groups in total. The monoisotopic (exact) mass is 505 g/mol. The van der Waals surface area contributed by atoms with E-state index in [9.17, 15) is 29.4 Å². The number of rotatable bonds is 12. The van der Waals surface area contributed by atoms with Crippen LogP contribution in [-0.2, 0) is 25.6 Å². The molecule has 1 aliphatic heterocycles. The van der Waals surface area contributed by atoms with Gasteiger partial charge in [0, 0.05) is 19.5 Å². The lowest BCUT2D eigenvalue weighted by atomic mass is 10.0. The van der Waals surface area contributed by atoms with Gasteiger partial charge in [-0.2, -0.15) is 0 Å². The Kier molecular flexibility index (Phi) is 10.5. The second-order valence-corrected chi connectivity index (χ2v) is 8.76. The number of aliphatic carboxylic acids is 1. The number of nitrogens with one attached hydrogen (secondary N) is 2. The number of nitrogens with two attached hydrogens (primary N) is 3. The molecule has 36 heavy (non-hydrogen) atoms. The fraction of sp³-hybridized carbons (Fsp3) is 0.522. The number of phenolic OH excluding ortho intramolecular Hbond substituents is 1. The molecule has 0 spiro atoms. The van der Waals surface area contributed by atoms with Crippen molar-refractivity contribution >= 4 is 29.7 Å². The molecular weight excluding hydrogens is 470 g/mol. The number of hydrogen-bond acceptors (Lipinski definition) is 7. The Balaban J connectivity index is 2.17. The number of hydrogen-bond donors (Lipinski definition) is 7. The third-order valence-electron chi connectivity index (χ3n) is 5.80. The number of guanidine groups is 1. The van der Waals surface area contributed by atoms with Crippen LogP contribution in [0.4, 0.5) is 0 Å². The van der Waals surface area contributed by atoms with Crippen molar-refractivity contribution in [1.29, 1.82) is 0 Å². The smallest absolute Gasteiger partial charge is 0.326 e. The van der Waals surface area contributed by atoms with Crippen molar-refractivity contribution < 1.29 is 29.4 Å². The highest BCUT2D eigenvalue weighted by atomic mass is 16.4. The third-order valence-corrected chi connectivity index (χ3v) is 5.80. The lowest BCUT2D eigenvalue weighted by Crippen LogP contribution is -2.57. The van der Waals surface area contributed by atoms with E-state index >= 15 is 0 Å².